The van der Waals surface area contributed by atoms with Crippen molar-refractivity contribution in [1.29, 1.82) is 0 Å². The van der Waals surface area contributed by atoms with Crippen LogP contribution in [-0.2, 0) is 0 Å². The predicted octanol–water partition coefficient (Wildman–Crippen LogP) is 2.76. The summed E-state index contributed by atoms with van der Waals surface area (Å²) < 4.78 is 0. The minimum absolute atomic E-state index is 0.489. The molecule has 1 heterocycles. The molecule has 2 atom stereocenters. The average molecular weight is 169 g/mol. The maximum Gasteiger partial charge on any atom is 0.0100 e. The molecule has 1 aliphatic heterocycles. The number of nitrogens with zero attached hydrogens (tertiary/aromatic N) is 1. The van der Waals surface area contributed by atoms with Crippen molar-refractivity contribution in [3.63, 3.8) is 0 Å². The molecular weight excluding hydrogens is 146 g/mol. The van der Waals surface area contributed by atoms with Crippen LogP contribution in [0.3, 0.4) is 0 Å². The van der Waals surface area contributed by atoms with Gasteiger partial charge in [0.25, 0.3) is 0 Å². The highest BCUT2D eigenvalue weighted by molar-refractivity contribution is 4.84. The Kier molecular flexibility index (Phi) is 2.82. The van der Waals surface area contributed by atoms with E-state index in [1.54, 1.807) is 0 Å². The Bertz CT molecular complexity index is 146. The van der Waals surface area contributed by atoms with Gasteiger partial charge in [-0.1, -0.05) is 27.7 Å². The standard InChI is InChI=1S/C11H23N/c1-9-6-10(12(5)8-9)7-11(2,3)4/h9-10H,6-8H2,1-5H3. The number of likely N-dealkylation sites (tertiary alicyclic amines) is 1. The molecule has 0 bridgehead atoms. The van der Waals surface area contributed by atoms with Crippen LogP contribution >= 0.6 is 0 Å². The van der Waals surface area contributed by atoms with Gasteiger partial charge in [-0.15, -0.1) is 0 Å². The van der Waals surface area contributed by atoms with E-state index in [-0.39, 0.29) is 0 Å². The summed E-state index contributed by atoms with van der Waals surface area (Å²) in [5.41, 5.74) is 0.489. The minimum Gasteiger partial charge on any atom is -0.303 e. The largest absolute Gasteiger partial charge is 0.303 e. The number of hydrogen-bond acceptors (Lipinski definition) is 1. The van der Waals surface area contributed by atoms with Gasteiger partial charge in [0.2, 0.25) is 0 Å². The molecule has 1 saturated heterocycles. The highest BCUT2D eigenvalue weighted by Gasteiger charge is 2.29. The van der Waals surface area contributed by atoms with Crippen molar-refractivity contribution in [2.45, 2.75) is 46.6 Å². The van der Waals surface area contributed by atoms with Crippen LogP contribution in [0.1, 0.15) is 40.5 Å². The number of rotatable bonds is 1. The lowest BCUT2D eigenvalue weighted by Gasteiger charge is -2.27. The number of hydrogen-bond donors (Lipinski definition) is 0. The lowest BCUT2D eigenvalue weighted by Crippen LogP contribution is -2.29. The third kappa shape index (κ3) is 2.78. The molecule has 0 N–H and O–H groups in total. The smallest absolute Gasteiger partial charge is 0.0100 e. The van der Waals surface area contributed by atoms with E-state index in [2.05, 4.69) is 39.6 Å². The van der Waals surface area contributed by atoms with E-state index in [0.717, 1.165) is 12.0 Å². The molecule has 0 spiro atoms. The van der Waals surface area contributed by atoms with Gasteiger partial charge in [-0.25, -0.2) is 0 Å². The van der Waals surface area contributed by atoms with Crippen LogP contribution in [0.4, 0.5) is 0 Å². The van der Waals surface area contributed by atoms with E-state index in [9.17, 15) is 0 Å². The van der Waals surface area contributed by atoms with Gasteiger partial charge in [-0.3, -0.25) is 0 Å². The van der Waals surface area contributed by atoms with Gasteiger partial charge in [-0.05, 0) is 31.2 Å². The quantitative estimate of drug-likeness (QED) is 0.583. The molecule has 1 heteroatoms. The molecule has 1 rings (SSSR count). The Morgan fingerprint density at radius 3 is 2.25 bits per heavy atom. The molecule has 1 aliphatic rings. The van der Waals surface area contributed by atoms with Gasteiger partial charge in [0, 0.05) is 12.6 Å². The second-order valence-corrected chi connectivity index (χ2v) is 5.70. The minimum atomic E-state index is 0.489. The first-order chi connectivity index (χ1) is 5.38. The zero-order chi connectivity index (χ0) is 9.35. The van der Waals surface area contributed by atoms with Gasteiger partial charge in [0.05, 0.1) is 0 Å². The topological polar surface area (TPSA) is 3.24 Å². The molecule has 0 saturated carbocycles. The fourth-order valence-corrected chi connectivity index (χ4v) is 2.31. The van der Waals surface area contributed by atoms with Gasteiger partial charge in [0.15, 0.2) is 0 Å². The van der Waals surface area contributed by atoms with E-state index in [4.69, 9.17) is 0 Å². The van der Waals surface area contributed by atoms with E-state index in [1.165, 1.54) is 19.4 Å². The first-order valence-corrected chi connectivity index (χ1v) is 5.09. The normalized spacial score (nSPS) is 32.8. The molecular formula is C11H23N. The van der Waals surface area contributed by atoms with Crippen molar-refractivity contribution in [1.82, 2.24) is 4.90 Å². The highest BCUT2D eigenvalue weighted by Crippen LogP contribution is 2.30. The van der Waals surface area contributed by atoms with Gasteiger partial charge in [0.1, 0.15) is 0 Å². The second-order valence-electron chi connectivity index (χ2n) is 5.70. The predicted molar refractivity (Wildman–Crippen MR) is 54.3 cm³/mol. The van der Waals surface area contributed by atoms with Crippen molar-refractivity contribution in [2.24, 2.45) is 11.3 Å². The molecule has 12 heavy (non-hydrogen) atoms. The van der Waals surface area contributed by atoms with Crippen molar-refractivity contribution in [3.05, 3.63) is 0 Å². The Hall–Kier alpha value is -0.0400. The third-order valence-corrected chi connectivity index (χ3v) is 2.75. The monoisotopic (exact) mass is 169 g/mol. The summed E-state index contributed by atoms with van der Waals surface area (Å²) in [5.74, 6) is 0.905. The van der Waals surface area contributed by atoms with Crippen LogP contribution < -0.4 is 0 Å². The first-order valence-electron chi connectivity index (χ1n) is 5.09. The van der Waals surface area contributed by atoms with Crippen molar-refractivity contribution < 1.29 is 0 Å². The van der Waals surface area contributed by atoms with Crippen molar-refractivity contribution in [2.75, 3.05) is 13.6 Å². The Labute approximate surface area is 77.1 Å². The summed E-state index contributed by atoms with van der Waals surface area (Å²) in [7, 11) is 2.26. The Morgan fingerprint density at radius 2 is 1.92 bits per heavy atom. The Morgan fingerprint density at radius 1 is 1.33 bits per heavy atom. The molecule has 0 aliphatic carbocycles. The van der Waals surface area contributed by atoms with Crippen LogP contribution in [0.15, 0.2) is 0 Å². The lowest BCUT2D eigenvalue weighted by atomic mass is 9.86. The average Bonchev–Trinajstić information content (AvgIpc) is 2.06. The summed E-state index contributed by atoms with van der Waals surface area (Å²) >= 11 is 0. The molecule has 0 radical (unpaired) electrons. The summed E-state index contributed by atoms with van der Waals surface area (Å²) in [4.78, 5) is 2.52. The summed E-state index contributed by atoms with van der Waals surface area (Å²) in [6, 6.07) is 0.833. The van der Waals surface area contributed by atoms with E-state index >= 15 is 0 Å². The van der Waals surface area contributed by atoms with Crippen LogP contribution in [0, 0.1) is 11.3 Å². The van der Waals surface area contributed by atoms with E-state index < -0.39 is 0 Å². The molecule has 0 aromatic carbocycles. The zero-order valence-electron chi connectivity index (χ0n) is 9.22. The van der Waals surface area contributed by atoms with Crippen LogP contribution in [0.5, 0.6) is 0 Å². The summed E-state index contributed by atoms with van der Waals surface area (Å²) in [6.07, 6.45) is 2.74. The van der Waals surface area contributed by atoms with Crippen molar-refractivity contribution in [3.8, 4) is 0 Å². The lowest BCUT2D eigenvalue weighted by molar-refractivity contribution is 0.223. The molecule has 0 aromatic rings. The maximum atomic E-state index is 2.52. The summed E-state index contributed by atoms with van der Waals surface area (Å²) in [6.45, 7) is 10.7. The van der Waals surface area contributed by atoms with E-state index in [1.807, 2.05) is 0 Å². The van der Waals surface area contributed by atoms with Gasteiger partial charge in [-0.2, -0.15) is 0 Å². The SMILES string of the molecule is CC1CC(CC(C)(C)C)N(C)C1. The molecule has 1 fully saturated rings. The fraction of sp³-hybridized carbons (Fsp3) is 1.00. The van der Waals surface area contributed by atoms with Gasteiger partial charge >= 0.3 is 0 Å². The van der Waals surface area contributed by atoms with Crippen LogP contribution in [0.2, 0.25) is 0 Å². The second kappa shape index (κ2) is 3.37. The third-order valence-electron chi connectivity index (χ3n) is 2.75. The molecule has 2 unspecified atom stereocenters. The maximum absolute atomic E-state index is 2.52. The van der Waals surface area contributed by atoms with Crippen LogP contribution in [-0.4, -0.2) is 24.5 Å². The van der Waals surface area contributed by atoms with Crippen molar-refractivity contribution >= 4 is 0 Å². The first kappa shape index (κ1) is 10.0. The van der Waals surface area contributed by atoms with E-state index in [0.29, 0.717) is 5.41 Å². The molecule has 72 valence electrons. The van der Waals surface area contributed by atoms with Crippen LogP contribution in [0.25, 0.3) is 0 Å². The molecule has 0 amide bonds. The summed E-state index contributed by atoms with van der Waals surface area (Å²) in [5, 5.41) is 0. The molecule has 1 nitrogen and oxygen atoms in total. The van der Waals surface area contributed by atoms with Gasteiger partial charge < -0.3 is 4.90 Å². The fourth-order valence-electron chi connectivity index (χ4n) is 2.31. The molecule has 0 aromatic heterocycles. The zero-order valence-corrected chi connectivity index (χ0v) is 9.22. The highest BCUT2D eigenvalue weighted by atomic mass is 15.2. The Balaban J connectivity index is 2.43.